The molecule has 3 aliphatic heterocycles. The molecule has 0 aromatic carbocycles. The van der Waals surface area contributed by atoms with Gasteiger partial charge in [0, 0.05) is 18.1 Å². The molecule has 3 rings (SSSR count). The van der Waals surface area contributed by atoms with Gasteiger partial charge in [-0.3, -0.25) is 10.1 Å². The highest BCUT2D eigenvalue weighted by atomic mass is 16.2. The quantitative estimate of drug-likeness (QED) is 0.864. The van der Waals surface area contributed by atoms with Gasteiger partial charge < -0.3 is 9.80 Å². The Hall–Kier alpha value is -0.610. The first-order valence-corrected chi connectivity index (χ1v) is 8.95. The number of piperidine rings is 2. The third-order valence-corrected chi connectivity index (χ3v) is 5.95. The van der Waals surface area contributed by atoms with Gasteiger partial charge in [-0.1, -0.05) is 26.7 Å². The van der Waals surface area contributed by atoms with Gasteiger partial charge in [-0.2, -0.15) is 0 Å². The van der Waals surface area contributed by atoms with Gasteiger partial charge in [0.15, 0.2) is 0 Å². The fourth-order valence-corrected chi connectivity index (χ4v) is 4.78. The number of carbonyl (C=O) groups excluding carboxylic acids is 1. The maximum atomic E-state index is 12.8. The van der Waals surface area contributed by atoms with E-state index in [0.717, 1.165) is 19.3 Å². The van der Waals surface area contributed by atoms with Gasteiger partial charge in [-0.15, -0.1) is 0 Å². The summed E-state index contributed by atoms with van der Waals surface area (Å²) in [5.41, 5.74) is 0. The van der Waals surface area contributed by atoms with E-state index in [1.165, 1.54) is 32.1 Å². The van der Waals surface area contributed by atoms with E-state index in [1.807, 2.05) is 0 Å². The standard InChI is InChI=1S/C17H31N3O/c1-4-7-15-17(21)20(16(5-2)18-15)14-10-12-8-6-9-13(11-14)19(12)3/h12-16,18H,4-11H2,1-3H3. The van der Waals surface area contributed by atoms with Crippen molar-refractivity contribution in [2.75, 3.05) is 7.05 Å². The first-order valence-electron chi connectivity index (χ1n) is 8.95. The number of nitrogens with one attached hydrogen (secondary N) is 1. The number of hydrogen-bond acceptors (Lipinski definition) is 3. The molecule has 0 aliphatic carbocycles. The summed E-state index contributed by atoms with van der Waals surface area (Å²) >= 11 is 0. The van der Waals surface area contributed by atoms with Crippen LogP contribution in [0.5, 0.6) is 0 Å². The largest absolute Gasteiger partial charge is 0.323 e. The summed E-state index contributed by atoms with van der Waals surface area (Å²) in [6, 6.07) is 1.92. The SMILES string of the molecule is CCCC1NC(CC)N(C2CC3CCCC(C2)N3C)C1=O. The van der Waals surface area contributed by atoms with Gasteiger partial charge >= 0.3 is 0 Å². The van der Waals surface area contributed by atoms with E-state index in [1.54, 1.807) is 0 Å². The monoisotopic (exact) mass is 293 g/mol. The van der Waals surface area contributed by atoms with E-state index in [-0.39, 0.29) is 12.2 Å². The highest BCUT2D eigenvalue weighted by molar-refractivity contribution is 5.84. The van der Waals surface area contributed by atoms with Crippen molar-refractivity contribution >= 4 is 5.91 Å². The van der Waals surface area contributed by atoms with Crippen molar-refractivity contribution in [2.24, 2.45) is 0 Å². The highest BCUT2D eigenvalue weighted by Gasteiger charge is 2.45. The summed E-state index contributed by atoms with van der Waals surface area (Å²) in [5.74, 6) is 0.372. The van der Waals surface area contributed by atoms with Crippen molar-refractivity contribution < 1.29 is 4.79 Å². The van der Waals surface area contributed by atoms with Crippen molar-refractivity contribution in [1.29, 1.82) is 0 Å². The second-order valence-electron chi connectivity index (χ2n) is 7.21. The molecule has 0 radical (unpaired) electrons. The predicted molar refractivity (Wildman–Crippen MR) is 85.0 cm³/mol. The molecule has 3 saturated heterocycles. The zero-order valence-corrected chi connectivity index (χ0v) is 13.8. The van der Waals surface area contributed by atoms with Gasteiger partial charge in [0.1, 0.15) is 0 Å². The van der Waals surface area contributed by atoms with Crippen LogP contribution in [-0.2, 0) is 4.79 Å². The molecule has 0 aromatic heterocycles. The van der Waals surface area contributed by atoms with Crippen molar-refractivity contribution in [1.82, 2.24) is 15.1 Å². The number of fused-ring (bicyclic) bond motifs is 2. The minimum absolute atomic E-state index is 0.0689. The van der Waals surface area contributed by atoms with Crippen LogP contribution in [0.4, 0.5) is 0 Å². The highest BCUT2D eigenvalue weighted by Crippen LogP contribution is 2.36. The van der Waals surface area contributed by atoms with Gasteiger partial charge in [0.05, 0.1) is 12.2 Å². The zero-order chi connectivity index (χ0) is 15.0. The molecule has 4 heteroatoms. The van der Waals surface area contributed by atoms with Gasteiger partial charge in [0.2, 0.25) is 5.91 Å². The van der Waals surface area contributed by atoms with E-state index in [4.69, 9.17) is 0 Å². The lowest BCUT2D eigenvalue weighted by Crippen LogP contribution is -2.57. The Balaban J connectivity index is 1.74. The molecule has 2 bridgehead atoms. The summed E-state index contributed by atoms with van der Waals surface area (Å²) in [5, 5.41) is 3.58. The van der Waals surface area contributed by atoms with E-state index in [0.29, 0.717) is 24.0 Å². The molecular formula is C17H31N3O. The number of rotatable bonds is 4. The summed E-state index contributed by atoms with van der Waals surface area (Å²) in [4.78, 5) is 17.6. The van der Waals surface area contributed by atoms with E-state index in [2.05, 4.69) is 36.0 Å². The molecule has 4 unspecified atom stereocenters. The molecule has 0 spiro atoms. The smallest absolute Gasteiger partial charge is 0.241 e. The van der Waals surface area contributed by atoms with Gasteiger partial charge in [0.25, 0.3) is 0 Å². The normalized spacial score (nSPS) is 40.8. The molecule has 3 heterocycles. The van der Waals surface area contributed by atoms with Crippen LogP contribution in [-0.4, -0.2) is 53.1 Å². The maximum Gasteiger partial charge on any atom is 0.241 e. The minimum atomic E-state index is 0.0689. The van der Waals surface area contributed by atoms with Crippen LogP contribution in [0.1, 0.15) is 65.2 Å². The molecule has 3 fully saturated rings. The summed E-state index contributed by atoms with van der Waals surface area (Å²) in [6.07, 6.45) is 9.69. The third kappa shape index (κ3) is 2.72. The Labute approximate surface area is 129 Å². The minimum Gasteiger partial charge on any atom is -0.323 e. The van der Waals surface area contributed by atoms with Crippen LogP contribution < -0.4 is 5.32 Å². The topological polar surface area (TPSA) is 35.6 Å². The third-order valence-electron chi connectivity index (χ3n) is 5.95. The molecule has 1 amide bonds. The molecule has 120 valence electrons. The van der Waals surface area contributed by atoms with Crippen LogP contribution in [0.2, 0.25) is 0 Å². The number of amides is 1. The van der Waals surface area contributed by atoms with Gasteiger partial charge in [-0.25, -0.2) is 0 Å². The number of hydrogen-bond donors (Lipinski definition) is 1. The van der Waals surface area contributed by atoms with Crippen LogP contribution in [0.25, 0.3) is 0 Å². The predicted octanol–water partition coefficient (Wildman–Crippen LogP) is 2.34. The summed E-state index contributed by atoms with van der Waals surface area (Å²) in [7, 11) is 2.28. The van der Waals surface area contributed by atoms with Crippen LogP contribution in [0, 0.1) is 0 Å². The Bertz CT molecular complexity index is 372. The summed E-state index contributed by atoms with van der Waals surface area (Å²) in [6.45, 7) is 4.36. The average molecular weight is 293 g/mol. The average Bonchev–Trinajstić information content (AvgIpc) is 2.76. The van der Waals surface area contributed by atoms with Crippen LogP contribution in [0.3, 0.4) is 0 Å². The zero-order valence-electron chi connectivity index (χ0n) is 13.8. The molecule has 4 nitrogen and oxygen atoms in total. The Morgan fingerprint density at radius 1 is 1.14 bits per heavy atom. The molecule has 3 aliphatic rings. The van der Waals surface area contributed by atoms with Crippen molar-refractivity contribution in [3.8, 4) is 0 Å². The molecule has 1 N–H and O–H groups in total. The maximum absolute atomic E-state index is 12.8. The Morgan fingerprint density at radius 3 is 2.38 bits per heavy atom. The molecule has 0 saturated carbocycles. The Kier molecular flexibility index (Phi) is 4.55. The lowest BCUT2D eigenvalue weighted by Gasteiger charge is -2.49. The lowest BCUT2D eigenvalue weighted by molar-refractivity contribution is -0.135. The first-order chi connectivity index (χ1) is 10.2. The van der Waals surface area contributed by atoms with Crippen molar-refractivity contribution in [3.63, 3.8) is 0 Å². The Morgan fingerprint density at radius 2 is 1.81 bits per heavy atom. The van der Waals surface area contributed by atoms with E-state index < -0.39 is 0 Å². The van der Waals surface area contributed by atoms with E-state index in [9.17, 15) is 4.79 Å². The van der Waals surface area contributed by atoms with Crippen LogP contribution >= 0.6 is 0 Å². The second-order valence-corrected chi connectivity index (χ2v) is 7.21. The molecule has 21 heavy (non-hydrogen) atoms. The fourth-order valence-electron chi connectivity index (χ4n) is 4.78. The second kappa shape index (κ2) is 6.25. The number of carbonyl (C=O) groups is 1. The fraction of sp³-hybridized carbons (Fsp3) is 0.941. The lowest BCUT2D eigenvalue weighted by atomic mass is 9.81. The van der Waals surface area contributed by atoms with Crippen molar-refractivity contribution in [2.45, 2.75) is 95.5 Å². The van der Waals surface area contributed by atoms with Gasteiger partial charge in [-0.05, 0) is 45.6 Å². The number of nitrogens with zero attached hydrogens (tertiary/aromatic N) is 2. The molecule has 4 atom stereocenters. The molecule has 0 aromatic rings. The summed E-state index contributed by atoms with van der Waals surface area (Å²) < 4.78 is 0. The molecular weight excluding hydrogens is 262 g/mol. The van der Waals surface area contributed by atoms with E-state index >= 15 is 0 Å². The van der Waals surface area contributed by atoms with Crippen LogP contribution in [0.15, 0.2) is 0 Å². The first kappa shape index (κ1) is 15.3. The van der Waals surface area contributed by atoms with Crippen molar-refractivity contribution in [3.05, 3.63) is 0 Å².